The number of hydrogen-bond donors (Lipinski definition) is 1. The third-order valence-electron chi connectivity index (χ3n) is 4.38. The van der Waals surface area contributed by atoms with Gasteiger partial charge >= 0.3 is 0 Å². The van der Waals surface area contributed by atoms with E-state index in [1.54, 1.807) is 25.1 Å². The van der Waals surface area contributed by atoms with E-state index in [-0.39, 0.29) is 17.3 Å². The monoisotopic (exact) mass is 423 g/mol. The molecule has 1 amide bonds. The Bertz CT molecular complexity index is 1080. The topological polar surface area (TPSA) is 103 Å². The van der Waals surface area contributed by atoms with Crippen LogP contribution in [0.15, 0.2) is 66.3 Å². The number of carbonyl (C=O) groups excluding carboxylic acids is 1. The van der Waals surface area contributed by atoms with Crippen molar-refractivity contribution in [3.8, 4) is 0 Å². The molecule has 1 aromatic heterocycles. The number of amides is 1. The molecule has 3 aromatic rings. The van der Waals surface area contributed by atoms with Gasteiger partial charge in [-0.25, -0.2) is 0 Å². The fourth-order valence-corrected chi connectivity index (χ4v) is 3.98. The van der Waals surface area contributed by atoms with Gasteiger partial charge < -0.3 is 9.88 Å². The van der Waals surface area contributed by atoms with Gasteiger partial charge in [-0.05, 0) is 31.0 Å². The van der Waals surface area contributed by atoms with Gasteiger partial charge in [0.2, 0.25) is 5.91 Å². The Labute approximate surface area is 178 Å². The van der Waals surface area contributed by atoms with Crippen LogP contribution >= 0.6 is 11.8 Å². The minimum Gasteiger partial charge on any atom is -0.319 e. The molecular weight excluding hydrogens is 402 g/mol. The number of nitro groups is 1. The molecule has 0 bridgehead atoms. The third kappa shape index (κ3) is 4.74. The van der Waals surface area contributed by atoms with Crippen molar-refractivity contribution < 1.29 is 9.72 Å². The number of benzene rings is 2. The molecule has 0 radical (unpaired) electrons. The second-order valence-electron chi connectivity index (χ2n) is 6.60. The smallest absolute Gasteiger partial charge is 0.293 e. The number of nitrogens with zero attached hydrogens (tertiary/aromatic N) is 4. The second kappa shape index (κ2) is 9.36. The molecule has 1 unspecified atom stereocenters. The first-order valence-corrected chi connectivity index (χ1v) is 10.1. The fourth-order valence-electron chi connectivity index (χ4n) is 2.89. The number of allylic oxidation sites excluding steroid dienone is 1. The van der Waals surface area contributed by atoms with E-state index < -0.39 is 10.2 Å². The molecule has 154 valence electrons. The molecular formula is C21H21N5O3S. The first kappa shape index (κ1) is 21.3. The lowest BCUT2D eigenvalue weighted by Gasteiger charge is -2.17. The summed E-state index contributed by atoms with van der Waals surface area (Å²) in [5.41, 5.74) is 1.49. The van der Waals surface area contributed by atoms with Gasteiger partial charge in [-0.3, -0.25) is 14.9 Å². The Hall–Kier alpha value is -3.46. The van der Waals surface area contributed by atoms with Gasteiger partial charge in [-0.2, -0.15) is 0 Å². The largest absolute Gasteiger partial charge is 0.319 e. The molecule has 2 aromatic carbocycles. The Morgan fingerprint density at radius 2 is 2.00 bits per heavy atom. The van der Waals surface area contributed by atoms with Crippen LogP contribution in [0.5, 0.6) is 0 Å². The van der Waals surface area contributed by atoms with Crippen molar-refractivity contribution in [2.45, 2.75) is 30.8 Å². The van der Waals surface area contributed by atoms with E-state index in [1.807, 2.05) is 41.8 Å². The lowest BCUT2D eigenvalue weighted by molar-refractivity contribution is -0.384. The van der Waals surface area contributed by atoms with Crippen LogP contribution in [0.4, 0.5) is 11.4 Å². The molecule has 1 N–H and O–H groups in total. The highest BCUT2D eigenvalue weighted by molar-refractivity contribution is 8.00. The number of rotatable bonds is 8. The lowest BCUT2D eigenvalue weighted by atomic mass is 10.1. The Balaban J connectivity index is 1.95. The molecule has 0 aliphatic carbocycles. The average Bonchev–Trinajstić information content (AvgIpc) is 3.07. The quantitative estimate of drug-likeness (QED) is 0.248. The van der Waals surface area contributed by atoms with E-state index in [0.29, 0.717) is 17.5 Å². The molecule has 0 fully saturated rings. The maximum Gasteiger partial charge on any atom is 0.293 e. The van der Waals surface area contributed by atoms with Gasteiger partial charge in [0.05, 0.1) is 4.92 Å². The maximum atomic E-state index is 13.2. The molecule has 0 saturated heterocycles. The molecule has 0 spiro atoms. The molecule has 3 rings (SSSR count). The standard InChI is InChI=1S/C21H21N5O3S/c1-4-12-25-15(3)23-24-21(25)30-19(16-8-6-5-7-9-16)20(27)22-17-11-10-14(2)13-18(17)26(28)29/h4-11,13,19H,1,12H2,2-3H3,(H,22,27). The number of anilines is 1. The summed E-state index contributed by atoms with van der Waals surface area (Å²) in [6.45, 7) is 7.85. The predicted molar refractivity (Wildman–Crippen MR) is 116 cm³/mol. The van der Waals surface area contributed by atoms with Crippen molar-refractivity contribution in [1.29, 1.82) is 0 Å². The van der Waals surface area contributed by atoms with Gasteiger partial charge in [0.15, 0.2) is 5.16 Å². The van der Waals surface area contributed by atoms with Crippen molar-refractivity contribution >= 4 is 29.0 Å². The number of aryl methyl sites for hydroxylation is 2. The van der Waals surface area contributed by atoms with Gasteiger partial charge in [0.25, 0.3) is 5.69 Å². The van der Waals surface area contributed by atoms with Crippen LogP contribution in [0, 0.1) is 24.0 Å². The minimum atomic E-state index is -0.681. The van der Waals surface area contributed by atoms with Gasteiger partial charge in [0.1, 0.15) is 16.8 Å². The second-order valence-corrected chi connectivity index (χ2v) is 7.68. The highest BCUT2D eigenvalue weighted by Gasteiger charge is 2.27. The minimum absolute atomic E-state index is 0.147. The number of nitro benzene ring substituents is 1. The number of thioether (sulfide) groups is 1. The summed E-state index contributed by atoms with van der Waals surface area (Å²) >= 11 is 1.23. The Kier molecular flexibility index (Phi) is 6.63. The van der Waals surface area contributed by atoms with E-state index in [9.17, 15) is 14.9 Å². The zero-order valence-corrected chi connectivity index (χ0v) is 17.4. The van der Waals surface area contributed by atoms with E-state index in [1.165, 1.54) is 17.8 Å². The highest BCUT2D eigenvalue weighted by atomic mass is 32.2. The SMILES string of the molecule is C=CCn1c(C)nnc1SC(C(=O)Nc1ccc(C)cc1[N+](=O)[O-])c1ccccc1. The van der Waals surface area contributed by atoms with Crippen molar-refractivity contribution in [2.75, 3.05) is 5.32 Å². The summed E-state index contributed by atoms with van der Waals surface area (Å²) in [5.74, 6) is 0.322. The van der Waals surface area contributed by atoms with Crippen LogP contribution in [0.25, 0.3) is 0 Å². The normalized spacial score (nSPS) is 11.7. The van der Waals surface area contributed by atoms with Crippen molar-refractivity contribution in [3.63, 3.8) is 0 Å². The molecule has 0 saturated carbocycles. The lowest BCUT2D eigenvalue weighted by Crippen LogP contribution is -2.20. The first-order valence-electron chi connectivity index (χ1n) is 9.19. The summed E-state index contributed by atoms with van der Waals surface area (Å²) in [5, 5.41) is 22.3. The number of hydrogen-bond acceptors (Lipinski definition) is 6. The molecule has 9 heteroatoms. The van der Waals surface area contributed by atoms with Crippen LogP contribution in [-0.4, -0.2) is 25.6 Å². The molecule has 0 aliphatic heterocycles. The van der Waals surface area contributed by atoms with E-state index in [4.69, 9.17) is 0 Å². The maximum absolute atomic E-state index is 13.2. The third-order valence-corrected chi connectivity index (χ3v) is 5.62. The molecule has 0 aliphatic rings. The van der Waals surface area contributed by atoms with E-state index >= 15 is 0 Å². The van der Waals surface area contributed by atoms with Gasteiger partial charge in [-0.1, -0.05) is 54.2 Å². The zero-order chi connectivity index (χ0) is 21.7. The predicted octanol–water partition coefficient (Wildman–Crippen LogP) is 4.46. The summed E-state index contributed by atoms with van der Waals surface area (Å²) < 4.78 is 1.86. The van der Waals surface area contributed by atoms with Gasteiger partial charge in [0, 0.05) is 12.6 Å². The average molecular weight is 423 g/mol. The van der Waals surface area contributed by atoms with Crippen molar-refractivity contribution in [2.24, 2.45) is 0 Å². The number of carbonyl (C=O) groups is 1. The zero-order valence-electron chi connectivity index (χ0n) is 16.6. The number of aromatic nitrogens is 3. The van der Waals surface area contributed by atoms with Gasteiger partial charge in [-0.15, -0.1) is 16.8 Å². The summed E-state index contributed by atoms with van der Waals surface area (Å²) in [7, 11) is 0. The Morgan fingerprint density at radius 1 is 1.27 bits per heavy atom. The first-order chi connectivity index (χ1) is 14.4. The van der Waals surface area contributed by atoms with Crippen LogP contribution in [0.1, 0.15) is 22.2 Å². The molecule has 8 nitrogen and oxygen atoms in total. The molecule has 1 atom stereocenters. The van der Waals surface area contributed by atoms with Crippen LogP contribution in [0.2, 0.25) is 0 Å². The summed E-state index contributed by atoms with van der Waals surface area (Å²) in [6, 6.07) is 13.9. The fraction of sp³-hybridized carbons (Fsp3) is 0.190. The summed E-state index contributed by atoms with van der Waals surface area (Å²) in [4.78, 5) is 24.1. The summed E-state index contributed by atoms with van der Waals surface area (Å²) in [6.07, 6.45) is 1.73. The van der Waals surface area contributed by atoms with Crippen molar-refractivity contribution in [3.05, 3.63) is 88.3 Å². The van der Waals surface area contributed by atoms with Crippen LogP contribution < -0.4 is 5.32 Å². The van der Waals surface area contributed by atoms with Crippen LogP contribution in [0.3, 0.4) is 0 Å². The Morgan fingerprint density at radius 3 is 2.67 bits per heavy atom. The van der Waals surface area contributed by atoms with E-state index in [0.717, 1.165) is 11.1 Å². The highest BCUT2D eigenvalue weighted by Crippen LogP contribution is 2.36. The van der Waals surface area contributed by atoms with Crippen molar-refractivity contribution in [1.82, 2.24) is 14.8 Å². The molecule has 30 heavy (non-hydrogen) atoms. The van der Waals surface area contributed by atoms with Crippen LogP contribution in [-0.2, 0) is 11.3 Å². The number of nitrogens with one attached hydrogen (secondary N) is 1. The molecule has 1 heterocycles. The van der Waals surface area contributed by atoms with E-state index in [2.05, 4.69) is 22.1 Å².